The Morgan fingerprint density at radius 1 is 1.38 bits per heavy atom. The number of H-pyrrole nitrogens is 1. The summed E-state index contributed by atoms with van der Waals surface area (Å²) in [7, 11) is 0. The minimum Gasteiger partial charge on any atom is -0.317 e. The molecule has 0 bridgehead atoms. The van der Waals surface area contributed by atoms with Gasteiger partial charge < -0.3 is 4.98 Å². The summed E-state index contributed by atoms with van der Waals surface area (Å²) < 4.78 is 0. The Bertz CT molecular complexity index is 517. The summed E-state index contributed by atoms with van der Waals surface area (Å²) in [6.07, 6.45) is 0. The van der Waals surface area contributed by atoms with E-state index >= 15 is 0 Å². The number of nitrogens with one attached hydrogen (secondary N) is 2. The van der Waals surface area contributed by atoms with Gasteiger partial charge in [-0.1, -0.05) is 12.1 Å². The molecule has 0 fully saturated rings. The largest absolute Gasteiger partial charge is 0.317 e. The summed E-state index contributed by atoms with van der Waals surface area (Å²) in [5.74, 6) is -0.112. The van der Waals surface area contributed by atoms with Crippen molar-refractivity contribution in [2.24, 2.45) is 5.11 Å². The topological polar surface area (TPSA) is 82.0 Å². The molecule has 2 N–H and O–H groups in total. The Morgan fingerprint density at radius 2 is 2.15 bits per heavy atom. The second kappa shape index (κ2) is 2.78. The minimum atomic E-state index is -0.436. The lowest BCUT2D eigenvalue weighted by Gasteiger charge is -1.95. The van der Waals surface area contributed by atoms with Gasteiger partial charge in [-0.25, -0.2) is 10.5 Å². The number of para-hydroxylation sites is 2. The number of hydrogen-bond donors (Lipinski definition) is 2. The number of rotatable bonds is 1. The molecule has 0 saturated carbocycles. The van der Waals surface area contributed by atoms with Crippen LogP contribution in [0.3, 0.4) is 0 Å². The van der Waals surface area contributed by atoms with Gasteiger partial charge >= 0.3 is 0 Å². The lowest BCUT2D eigenvalue weighted by atomic mass is 10.3. The molecule has 2 aromatic rings. The molecule has 0 aliphatic carbocycles. The molecular formula is C8H6N4O. The van der Waals surface area contributed by atoms with E-state index in [1.54, 1.807) is 24.3 Å². The third-order valence-electron chi connectivity index (χ3n) is 1.69. The van der Waals surface area contributed by atoms with Crippen molar-refractivity contribution in [2.45, 2.75) is 0 Å². The molecule has 0 unspecified atom stereocenters. The number of hydrogen-bond acceptors (Lipinski definition) is 4. The van der Waals surface area contributed by atoms with Crippen LogP contribution in [-0.2, 0) is 0 Å². The molecule has 1 aromatic heterocycles. The van der Waals surface area contributed by atoms with Gasteiger partial charge in [0.2, 0.25) is 5.82 Å². The van der Waals surface area contributed by atoms with E-state index < -0.39 is 5.56 Å². The molecule has 13 heavy (non-hydrogen) atoms. The van der Waals surface area contributed by atoms with Gasteiger partial charge in [-0.3, -0.25) is 4.79 Å². The van der Waals surface area contributed by atoms with Crippen molar-refractivity contribution >= 4 is 16.9 Å². The summed E-state index contributed by atoms with van der Waals surface area (Å²) >= 11 is 0. The van der Waals surface area contributed by atoms with Gasteiger partial charge in [-0.05, 0) is 12.1 Å². The molecule has 64 valence electrons. The van der Waals surface area contributed by atoms with Crippen LogP contribution in [0.15, 0.2) is 34.2 Å². The van der Waals surface area contributed by atoms with Crippen LogP contribution in [0.4, 0.5) is 5.82 Å². The van der Waals surface area contributed by atoms with Gasteiger partial charge in [-0.2, -0.15) is 0 Å². The molecule has 0 atom stereocenters. The fourth-order valence-corrected chi connectivity index (χ4v) is 1.10. The summed E-state index contributed by atoms with van der Waals surface area (Å²) in [6.45, 7) is 0. The van der Waals surface area contributed by atoms with Gasteiger partial charge in [0.1, 0.15) is 0 Å². The second-order valence-electron chi connectivity index (χ2n) is 2.52. The first-order valence-electron chi connectivity index (χ1n) is 3.68. The molecule has 0 aliphatic heterocycles. The number of aromatic nitrogens is 2. The van der Waals surface area contributed by atoms with Gasteiger partial charge in [-0.15, -0.1) is 5.11 Å². The molecule has 0 amide bonds. The Morgan fingerprint density at radius 3 is 2.92 bits per heavy atom. The van der Waals surface area contributed by atoms with Crippen LogP contribution in [0.25, 0.3) is 11.0 Å². The standard InChI is InChI=1S/C8H6N4O/c9-12-7-8(13)11-6-4-2-1-3-5(6)10-7/h1-4,9H,(H,11,13). The van der Waals surface area contributed by atoms with E-state index in [0.717, 1.165) is 0 Å². The quantitative estimate of drug-likeness (QED) is 0.643. The predicted molar refractivity (Wildman–Crippen MR) is 47.2 cm³/mol. The van der Waals surface area contributed by atoms with Crippen LogP contribution in [0.2, 0.25) is 0 Å². The zero-order valence-corrected chi connectivity index (χ0v) is 6.61. The van der Waals surface area contributed by atoms with Crippen molar-refractivity contribution in [2.75, 3.05) is 0 Å². The number of fused-ring (bicyclic) bond motifs is 1. The molecule has 0 saturated heterocycles. The lowest BCUT2D eigenvalue weighted by molar-refractivity contribution is 1.06. The summed E-state index contributed by atoms with van der Waals surface area (Å²) in [4.78, 5) is 17.6. The van der Waals surface area contributed by atoms with E-state index in [9.17, 15) is 4.79 Å². The molecule has 0 spiro atoms. The lowest BCUT2D eigenvalue weighted by Crippen LogP contribution is -2.06. The average molecular weight is 174 g/mol. The van der Waals surface area contributed by atoms with Gasteiger partial charge in [0, 0.05) is 0 Å². The number of benzene rings is 1. The third-order valence-corrected chi connectivity index (χ3v) is 1.69. The molecule has 5 nitrogen and oxygen atoms in total. The van der Waals surface area contributed by atoms with Crippen LogP contribution < -0.4 is 5.56 Å². The highest BCUT2D eigenvalue weighted by atomic mass is 16.1. The van der Waals surface area contributed by atoms with Crippen LogP contribution in [0.5, 0.6) is 0 Å². The fraction of sp³-hybridized carbons (Fsp3) is 0. The van der Waals surface area contributed by atoms with Gasteiger partial charge in [0.05, 0.1) is 11.0 Å². The highest BCUT2D eigenvalue weighted by Gasteiger charge is 2.01. The van der Waals surface area contributed by atoms with E-state index in [-0.39, 0.29) is 5.82 Å². The third kappa shape index (κ3) is 1.20. The maximum absolute atomic E-state index is 11.1. The first kappa shape index (κ1) is 7.60. The van der Waals surface area contributed by atoms with Gasteiger partial charge in [0.25, 0.3) is 5.56 Å². The molecule has 0 aliphatic rings. The highest BCUT2D eigenvalue weighted by molar-refractivity contribution is 5.74. The maximum atomic E-state index is 11.1. The molecule has 1 aromatic carbocycles. The van der Waals surface area contributed by atoms with Crippen molar-refractivity contribution in [3.63, 3.8) is 0 Å². The van der Waals surface area contributed by atoms with Gasteiger partial charge in [0.15, 0.2) is 0 Å². The zero-order valence-electron chi connectivity index (χ0n) is 6.61. The smallest absolute Gasteiger partial charge is 0.295 e. The zero-order chi connectivity index (χ0) is 9.26. The summed E-state index contributed by atoms with van der Waals surface area (Å²) in [6, 6.07) is 7.11. The van der Waals surface area contributed by atoms with E-state index in [4.69, 9.17) is 5.53 Å². The first-order valence-corrected chi connectivity index (χ1v) is 3.68. The van der Waals surface area contributed by atoms with E-state index in [1.165, 1.54) is 0 Å². The van der Waals surface area contributed by atoms with Crippen molar-refractivity contribution in [3.8, 4) is 0 Å². The van der Waals surface area contributed by atoms with Crippen LogP contribution in [-0.4, -0.2) is 9.97 Å². The minimum absolute atomic E-state index is 0.112. The number of aromatic amines is 1. The molecule has 2 rings (SSSR count). The first-order chi connectivity index (χ1) is 6.31. The monoisotopic (exact) mass is 174 g/mol. The Hall–Kier alpha value is -2.04. The fourth-order valence-electron chi connectivity index (χ4n) is 1.10. The molecule has 1 heterocycles. The molecular weight excluding hydrogens is 168 g/mol. The highest BCUT2D eigenvalue weighted by Crippen LogP contribution is 2.08. The van der Waals surface area contributed by atoms with Crippen molar-refractivity contribution < 1.29 is 0 Å². The average Bonchev–Trinajstić information content (AvgIpc) is 2.17. The van der Waals surface area contributed by atoms with Crippen molar-refractivity contribution in [3.05, 3.63) is 34.6 Å². The Labute approximate surface area is 73.0 Å². The maximum Gasteiger partial charge on any atom is 0.295 e. The number of nitrogens with zero attached hydrogens (tertiary/aromatic N) is 2. The normalized spacial score (nSPS) is 10.2. The van der Waals surface area contributed by atoms with Crippen molar-refractivity contribution in [1.82, 2.24) is 9.97 Å². The van der Waals surface area contributed by atoms with Crippen LogP contribution in [0.1, 0.15) is 0 Å². The van der Waals surface area contributed by atoms with E-state index in [2.05, 4.69) is 15.1 Å². The van der Waals surface area contributed by atoms with E-state index in [1.807, 2.05) is 0 Å². The Kier molecular flexibility index (Phi) is 1.63. The van der Waals surface area contributed by atoms with E-state index in [0.29, 0.717) is 11.0 Å². The predicted octanol–water partition coefficient (Wildman–Crippen LogP) is 1.59. The second-order valence-corrected chi connectivity index (χ2v) is 2.52. The summed E-state index contributed by atoms with van der Waals surface area (Å²) in [5.41, 5.74) is 7.55. The summed E-state index contributed by atoms with van der Waals surface area (Å²) in [5, 5.41) is 3.02. The SMILES string of the molecule is N=Nc1nc2ccccc2[nH]c1=O. The van der Waals surface area contributed by atoms with Crippen molar-refractivity contribution in [1.29, 1.82) is 5.53 Å². The molecule has 5 heteroatoms. The van der Waals surface area contributed by atoms with Crippen LogP contribution >= 0.6 is 0 Å². The molecule has 0 radical (unpaired) electrons. The van der Waals surface area contributed by atoms with Crippen LogP contribution in [0, 0.1) is 5.53 Å². The Balaban J connectivity index is 2.89.